The van der Waals surface area contributed by atoms with Crippen molar-refractivity contribution in [2.24, 2.45) is 17.6 Å². The Morgan fingerprint density at radius 2 is 1.68 bits per heavy atom. The molecule has 8 heteroatoms. The minimum Gasteiger partial charge on any atom is -0.376 e. The topological polar surface area (TPSA) is 45.0 Å². The van der Waals surface area contributed by atoms with Gasteiger partial charge in [0.2, 0.25) is 0 Å². The minimum atomic E-state index is -0.0523. The van der Waals surface area contributed by atoms with Crippen LogP contribution in [-0.2, 0) is 11.3 Å². The maximum absolute atomic E-state index is 6.79. The number of rotatable bonds is 9. The Balaban J connectivity index is 1.24. The normalized spacial score (nSPS) is 26.1. The zero-order valence-corrected chi connectivity index (χ0v) is 24.2. The number of nitrogens with zero attached hydrogens (tertiary/aromatic N) is 3. The van der Waals surface area contributed by atoms with Gasteiger partial charge in [-0.25, -0.2) is 0 Å². The summed E-state index contributed by atoms with van der Waals surface area (Å²) in [5, 5.41) is 2.33. The fourth-order valence-corrected chi connectivity index (χ4v) is 6.88. The third-order valence-corrected chi connectivity index (χ3v) is 9.17. The number of methoxy groups -OCH3 is 1. The van der Waals surface area contributed by atoms with Crippen LogP contribution in [0.5, 0.6) is 0 Å². The van der Waals surface area contributed by atoms with Crippen molar-refractivity contribution >= 4 is 34.8 Å². The van der Waals surface area contributed by atoms with Crippen molar-refractivity contribution in [3.8, 4) is 0 Å². The molecule has 38 heavy (non-hydrogen) atoms. The quantitative estimate of drug-likeness (QED) is 0.402. The van der Waals surface area contributed by atoms with Crippen LogP contribution in [0.2, 0.25) is 10.0 Å². The molecule has 1 saturated heterocycles. The van der Waals surface area contributed by atoms with Crippen LogP contribution in [0.1, 0.15) is 18.4 Å². The highest BCUT2D eigenvalue weighted by Gasteiger charge is 2.40. The molecule has 0 spiro atoms. The molecule has 0 saturated carbocycles. The number of fused-ring (bicyclic) bond motifs is 1. The fourth-order valence-electron chi connectivity index (χ4n) is 6.04. The molecular formula is C30H37Cl3N4O. The smallest absolute Gasteiger partial charge is 0.0870 e. The zero-order valence-electron chi connectivity index (χ0n) is 22.0. The van der Waals surface area contributed by atoms with Crippen LogP contribution in [0.15, 0.2) is 76.7 Å². The molecule has 1 aromatic carbocycles. The summed E-state index contributed by atoms with van der Waals surface area (Å²) in [7, 11) is 1.77. The van der Waals surface area contributed by atoms with E-state index in [9.17, 15) is 0 Å². The summed E-state index contributed by atoms with van der Waals surface area (Å²) in [6, 6.07) is 5.73. The molecule has 2 aliphatic carbocycles. The Kier molecular flexibility index (Phi) is 9.38. The number of nitrogens with two attached hydrogens (primary N) is 1. The predicted octanol–water partition coefficient (Wildman–Crippen LogP) is 5.81. The summed E-state index contributed by atoms with van der Waals surface area (Å²) in [4.78, 5) is 7.39. The monoisotopic (exact) mass is 574 g/mol. The molecule has 5 nitrogen and oxygen atoms in total. The van der Waals surface area contributed by atoms with Crippen molar-refractivity contribution in [2.75, 3.05) is 52.9 Å². The van der Waals surface area contributed by atoms with Crippen LogP contribution < -0.4 is 5.73 Å². The van der Waals surface area contributed by atoms with E-state index in [1.807, 2.05) is 30.4 Å². The van der Waals surface area contributed by atoms with Gasteiger partial charge in [-0.15, -0.1) is 0 Å². The van der Waals surface area contributed by atoms with E-state index in [4.69, 9.17) is 45.3 Å². The second-order valence-corrected chi connectivity index (χ2v) is 11.8. The number of benzene rings is 1. The Hall–Kier alpha value is -1.57. The van der Waals surface area contributed by atoms with Crippen molar-refractivity contribution in [3.63, 3.8) is 0 Å². The molecule has 0 radical (unpaired) electrons. The third-order valence-electron chi connectivity index (χ3n) is 8.10. The molecule has 0 bridgehead atoms. The van der Waals surface area contributed by atoms with Gasteiger partial charge in [0.25, 0.3) is 0 Å². The molecular weight excluding hydrogens is 539 g/mol. The summed E-state index contributed by atoms with van der Waals surface area (Å²) >= 11 is 19.6. The average Bonchev–Trinajstić information content (AvgIpc) is 3.27. The van der Waals surface area contributed by atoms with E-state index in [1.54, 1.807) is 7.11 Å². The van der Waals surface area contributed by atoms with Gasteiger partial charge in [0.05, 0.1) is 6.10 Å². The van der Waals surface area contributed by atoms with E-state index in [-0.39, 0.29) is 12.0 Å². The number of hydrogen-bond donors (Lipinski definition) is 1. The summed E-state index contributed by atoms with van der Waals surface area (Å²) in [6.45, 7) is 7.44. The van der Waals surface area contributed by atoms with E-state index >= 15 is 0 Å². The first-order valence-corrected chi connectivity index (χ1v) is 14.6. The summed E-state index contributed by atoms with van der Waals surface area (Å²) in [6.07, 6.45) is 15.0. The average molecular weight is 576 g/mol. The third kappa shape index (κ3) is 6.10. The number of allylic oxidation sites excluding steroid dienone is 5. The Bertz CT molecular complexity index is 1150. The molecule has 204 valence electrons. The van der Waals surface area contributed by atoms with E-state index in [2.05, 4.69) is 39.1 Å². The van der Waals surface area contributed by atoms with Gasteiger partial charge in [0.15, 0.2) is 0 Å². The lowest BCUT2D eigenvalue weighted by molar-refractivity contribution is 0.113. The van der Waals surface area contributed by atoms with Gasteiger partial charge in [-0.2, -0.15) is 0 Å². The van der Waals surface area contributed by atoms with Crippen LogP contribution in [0.3, 0.4) is 0 Å². The highest BCUT2D eigenvalue weighted by atomic mass is 35.5. The van der Waals surface area contributed by atoms with Crippen LogP contribution in [0, 0.1) is 11.8 Å². The number of piperazine rings is 1. The van der Waals surface area contributed by atoms with Gasteiger partial charge in [0, 0.05) is 97.3 Å². The summed E-state index contributed by atoms with van der Waals surface area (Å²) in [5.74, 6) is 0.357. The number of halogens is 3. The Morgan fingerprint density at radius 1 is 0.974 bits per heavy atom. The van der Waals surface area contributed by atoms with Crippen LogP contribution in [0.4, 0.5) is 0 Å². The fraction of sp³-hybridized carbons (Fsp3) is 0.467. The highest BCUT2D eigenvalue weighted by Crippen LogP contribution is 2.47. The lowest BCUT2D eigenvalue weighted by Crippen LogP contribution is -2.46. The molecule has 1 fully saturated rings. The summed E-state index contributed by atoms with van der Waals surface area (Å²) in [5.41, 5.74) is 11.0. The van der Waals surface area contributed by atoms with Crippen molar-refractivity contribution < 1.29 is 4.74 Å². The van der Waals surface area contributed by atoms with Gasteiger partial charge in [-0.1, -0.05) is 64.7 Å². The minimum absolute atomic E-state index is 0.0440. The molecule has 1 aromatic rings. The summed E-state index contributed by atoms with van der Waals surface area (Å²) < 4.78 is 5.84. The second kappa shape index (κ2) is 12.7. The van der Waals surface area contributed by atoms with Gasteiger partial charge in [-0.3, -0.25) is 9.80 Å². The first kappa shape index (κ1) is 28.0. The molecule has 4 aliphatic rings. The van der Waals surface area contributed by atoms with E-state index in [0.29, 0.717) is 12.5 Å². The molecule has 2 heterocycles. The van der Waals surface area contributed by atoms with Gasteiger partial charge in [0.1, 0.15) is 0 Å². The SMILES string of the molecule is COC1C=CC=C(Cl)C1C1=CN(CCCN)C2=CC=C(CN3CCN(Cc4c(Cl)cccc4Cl)CC3)CC12. The largest absolute Gasteiger partial charge is 0.376 e. The van der Waals surface area contributed by atoms with Crippen molar-refractivity contribution in [2.45, 2.75) is 25.5 Å². The highest BCUT2D eigenvalue weighted by molar-refractivity contribution is 6.36. The Morgan fingerprint density at radius 3 is 2.37 bits per heavy atom. The number of hydrogen-bond acceptors (Lipinski definition) is 5. The standard InChI is InChI=1S/C30H37Cl3N4O/c1-38-29-8-3-7-27(33)30(29)23-20-37(12-4-11-34)28-10-9-21(17-22(23)28)18-35-13-15-36(16-14-35)19-24-25(31)5-2-6-26(24)32/h2-3,5-10,20,22,29-30H,4,11-19,34H2,1H3. The lowest BCUT2D eigenvalue weighted by atomic mass is 9.78. The first-order valence-electron chi connectivity index (χ1n) is 13.5. The van der Waals surface area contributed by atoms with Crippen LogP contribution in [0.25, 0.3) is 0 Å². The van der Waals surface area contributed by atoms with Gasteiger partial charge < -0.3 is 15.4 Å². The molecule has 2 aliphatic heterocycles. The first-order chi connectivity index (χ1) is 18.5. The van der Waals surface area contributed by atoms with E-state index < -0.39 is 0 Å². The van der Waals surface area contributed by atoms with Gasteiger partial charge >= 0.3 is 0 Å². The molecule has 0 amide bonds. The predicted molar refractivity (Wildman–Crippen MR) is 158 cm³/mol. The zero-order chi connectivity index (χ0) is 26.6. The Labute approximate surface area is 241 Å². The maximum Gasteiger partial charge on any atom is 0.0870 e. The molecule has 3 unspecified atom stereocenters. The van der Waals surface area contributed by atoms with E-state index in [0.717, 1.165) is 79.3 Å². The van der Waals surface area contributed by atoms with Crippen molar-refractivity contribution in [1.29, 1.82) is 0 Å². The van der Waals surface area contributed by atoms with Crippen LogP contribution in [-0.4, -0.2) is 73.7 Å². The van der Waals surface area contributed by atoms with E-state index in [1.165, 1.54) is 16.8 Å². The number of ether oxygens (including phenoxy) is 1. The van der Waals surface area contributed by atoms with Crippen LogP contribution >= 0.6 is 34.8 Å². The van der Waals surface area contributed by atoms with Crippen molar-refractivity contribution in [3.05, 3.63) is 92.3 Å². The molecule has 0 aromatic heterocycles. The second-order valence-electron chi connectivity index (χ2n) is 10.5. The lowest BCUT2D eigenvalue weighted by Gasteiger charge is -2.37. The molecule has 5 rings (SSSR count). The van der Waals surface area contributed by atoms with Gasteiger partial charge in [-0.05, 0) is 49.2 Å². The maximum atomic E-state index is 6.79. The molecule has 3 atom stereocenters. The van der Waals surface area contributed by atoms with Crippen molar-refractivity contribution in [1.82, 2.24) is 14.7 Å². The molecule has 2 N–H and O–H groups in total.